The molecule has 3 nitrogen and oxygen atoms in total. The maximum atomic E-state index is 11.2. The zero-order valence-corrected chi connectivity index (χ0v) is 12.9. The molecule has 4 heteroatoms. The summed E-state index contributed by atoms with van der Waals surface area (Å²) in [5.41, 5.74) is 0.316. The Labute approximate surface area is 114 Å². The molecule has 2 rings (SSSR count). The van der Waals surface area contributed by atoms with Crippen LogP contribution in [0.2, 0.25) is 0 Å². The van der Waals surface area contributed by atoms with E-state index in [1.165, 1.54) is 25.8 Å². The number of rotatable bonds is 5. The lowest BCUT2D eigenvalue weighted by molar-refractivity contribution is 0.157. The van der Waals surface area contributed by atoms with Crippen molar-refractivity contribution in [1.29, 1.82) is 0 Å². The van der Waals surface area contributed by atoms with Crippen molar-refractivity contribution < 1.29 is 4.21 Å². The van der Waals surface area contributed by atoms with Crippen LogP contribution in [0, 0.1) is 5.92 Å². The first-order chi connectivity index (χ1) is 8.51. The molecular weight excluding hydrogens is 244 g/mol. The Balaban J connectivity index is 1.91. The number of hydrogen-bond acceptors (Lipinski definition) is 3. The summed E-state index contributed by atoms with van der Waals surface area (Å²) in [5, 5.41) is 3.77. The summed E-state index contributed by atoms with van der Waals surface area (Å²) in [7, 11) is -0.653. The van der Waals surface area contributed by atoms with E-state index in [9.17, 15) is 4.21 Å². The van der Waals surface area contributed by atoms with Crippen LogP contribution in [0.25, 0.3) is 0 Å². The molecule has 18 heavy (non-hydrogen) atoms. The predicted molar refractivity (Wildman–Crippen MR) is 78.3 cm³/mol. The van der Waals surface area contributed by atoms with E-state index in [2.05, 4.69) is 24.1 Å². The maximum absolute atomic E-state index is 11.2. The van der Waals surface area contributed by atoms with Gasteiger partial charge in [-0.1, -0.05) is 0 Å². The zero-order chi connectivity index (χ0) is 13.2. The van der Waals surface area contributed by atoms with Crippen LogP contribution in [0.4, 0.5) is 0 Å². The van der Waals surface area contributed by atoms with Gasteiger partial charge in [-0.3, -0.25) is 9.11 Å². The molecule has 1 heterocycles. The van der Waals surface area contributed by atoms with Crippen LogP contribution >= 0.6 is 0 Å². The first-order valence-electron chi connectivity index (χ1n) is 7.30. The molecule has 3 unspecified atom stereocenters. The Morgan fingerprint density at radius 2 is 2.22 bits per heavy atom. The highest BCUT2D eigenvalue weighted by atomic mass is 32.2. The van der Waals surface area contributed by atoms with E-state index in [1.807, 2.05) is 6.26 Å². The Morgan fingerprint density at radius 1 is 1.50 bits per heavy atom. The zero-order valence-electron chi connectivity index (χ0n) is 12.1. The van der Waals surface area contributed by atoms with Gasteiger partial charge >= 0.3 is 0 Å². The van der Waals surface area contributed by atoms with Crippen molar-refractivity contribution in [3.63, 3.8) is 0 Å². The molecule has 1 N–H and O–H groups in total. The molecule has 2 fully saturated rings. The first-order valence-corrected chi connectivity index (χ1v) is 9.03. The molecule has 0 aromatic heterocycles. The quantitative estimate of drug-likeness (QED) is 0.825. The Morgan fingerprint density at radius 3 is 2.83 bits per heavy atom. The van der Waals surface area contributed by atoms with Crippen molar-refractivity contribution in [2.75, 3.05) is 31.6 Å². The second-order valence-electron chi connectivity index (χ2n) is 6.36. The van der Waals surface area contributed by atoms with Gasteiger partial charge in [0.1, 0.15) is 0 Å². The Bertz CT molecular complexity index is 306. The number of hydrogen-bond donors (Lipinski definition) is 1. The summed E-state index contributed by atoms with van der Waals surface area (Å²) in [6.45, 7) is 8.19. The van der Waals surface area contributed by atoms with Crippen molar-refractivity contribution in [2.24, 2.45) is 5.92 Å². The van der Waals surface area contributed by atoms with Gasteiger partial charge in [-0.15, -0.1) is 0 Å². The second-order valence-corrected chi connectivity index (χ2v) is 7.91. The van der Waals surface area contributed by atoms with Crippen LogP contribution in [0.5, 0.6) is 0 Å². The van der Waals surface area contributed by atoms with E-state index in [4.69, 9.17) is 0 Å². The van der Waals surface area contributed by atoms with E-state index in [0.29, 0.717) is 11.6 Å². The third kappa shape index (κ3) is 3.78. The van der Waals surface area contributed by atoms with Crippen LogP contribution in [0.15, 0.2) is 0 Å². The SMILES string of the molecule is CC(CCS(C)=O)N1CCCNC(C)(C2CC2)C1. The lowest BCUT2D eigenvalue weighted by Crippen LogP contribution is -2.52. The molecule has 3 atom stereocenters. The van der Waals surface area contributed by atoms with Crippen molar-refractivity contribution >= 4 is 10.8 Å². The number of nitrogens with zero attached hydrogens (tertiary/aromatic N) is 1. The number of nitrogens with one attached hydrogen (secondary N) is 1. The molecule has 2 aliphatic rings. The van der Waals surface area contributed by atoms with Crippen LogP contribution in [-0.4, -0.2) is 52.3 Å². The second kappa shape index (κ2) is 6.02. The van der Waals surface area contributed by atoms with Crippen molar-refractivity contribution in [2.45, 2.75) is 51.1 Å². The minimum absolute atomic E-state index is 0.316. The van der Waals surface area contributed by atoms with Crippen LogP contribution in [0.1, 0.15) is 39.5 Å². The van der Waals surface area contributed by atoms with Gasteiger partial charge in [-0.05, 0) is 58.5 Å². The molecule has 0 radical (unpaired) electrons. The highest BCUT2D eigenvalue weighted by molar-refractivity contribution is 7.84. The van der Waals surface area contributed by atoms with Crippen LogP contribution in [0.3, 0.4) is 0 Å². The van der Waals surface area contributed by atoms with E-state index in [1.54, 1.807) is 0 Å². The summed E-state index contributed by atoms with van der Waals surface area (Å²) in [5.74, 6) is 1.72. The van der Waals surface area contributed by atoms with Crippen molar-refractivity contribution in [3.8, 4) is 0 Å². The normalized spacial score (nSPS) is 33.9. The van der Waals surface area contributed by atoms with Crippen molar-refractivity contribution in [3.05, 3.63) is 0 Å². The molecule has 0 aromatic carbocycles. The fraction of sp³-hybridized carbons (Fsp3) is 1.00. The topological polar surface area (TPSA) is 32.3 Å². The van der Waals surface area contributed by atoms with Gasteiger partial charge in [-0.2, -0.15) is 0 Å². The minimum Gasteiger partial charge on any atom is -0.310 e. The monoisotopic (exact) mass is 272 g/mol. The summed E-state index contributed by atoms with van der Waals surface area (Å²) >= 11 is 0. The average Bonchev–Trinajstić information content (AvgIpc) is 3.12. The Kier molecular flexibility index (Phi) is 4.84. The molecule has 1 saturated carbocycles. The predicted octanol–water partition coefficient (Wildman–Crippen LogP) is 1.61. The molecule has 0 bridgehead atoms. The van der Waals surface area contributed by atoms with E-state index < -0.39 is 10.8 Å². The third-order valence-electron chi connectivity index (χ3n) is 4.61. The highest BCUT2D eigenvalue weighted by Crippen LogP contribution is 2.40. The molecular formula is C14H28N2OS. The average molecular weight is 272 g/mol. The molecule has 1 aliphatic carbocycles. The summed E-state index contributed by atoms with van der Waals surface area (Å²) in [6, 6.07) is 0.562. The van der Waals surface area contributed by atoms with E-state index in [-0.39, 0.29) is 0 Å². The fourth-order valence-electron chi connectivity index (χ4n) is 3.10. The summed E-state index contributed by atoms with van der Waals surface area (Å²) < 4.78 is 11.2. The molecule has 0 aromatic rings. The van der Waals surface area contributed by atoms with E-state index in [0.717, 1.165) is 31.2 Å². The smallest absolute Gasteiger partial charge is 0.0308 e. The van der Waals surface area contributed by atoms with Gasteiger partial charge in [0.2, 0.25) is 0 Å². The highest BCUT2D eigenvalue weighted by Gasteiger charge is 2.43. The summed E-state index contributed by atoms with van der Waals surface area (Å²) in [4.78, 5) is 2.62. The van der Waals surface area contributed by atoms with Gasteiger partial charge in [0, 0.05) is 40.9 Å². The molecule has 1 saturated heterocycles. The molecule has 0 spiro atoms. The molecule has 1 aliphatic heterocycles. The standard InChI is InChI=1S/C14H28N2OS/c1-12(7-10-18(3)17)16-9-4-8-15-14(2,11-16)13-5-6-13/h12-13,15H,4-11H2,1-3H3. The largest absolute Gasteiger partial charge is 0.310 e. The molecule has 106 valence electrons. The molecule has 0 amide bonds. The lowest BCUT2D eigenvalue weighted by atomic mass is 9.94. The summed E-state index contributed by atoms with van der Waals surface area (Å²) in [6.07, 6.45) is 6.89. The van der Waals surface area contributed by atoms with Gasteiger partial charge < -0.3 is 5.32 Å². The van der Waals surface area contributed by atoms with Crippen LogP contribution in [-0.2, 0) is 10.8 Å². The minimum atomic E-state index is -0.653. The van der Waals surface area contributed by atoms with Gasteiger partial charge in [0.05, 0.1) is 0 Å². The van der Waals surface area contributed by atoms with Crippen molar-refractivity contribution in [1.82, 2.24) is 10.2 Å². The maximum Gasteiger partial charge on any atom is 0.0308 e. The third-order valence-corrected chi connectivity index (χ3v) is 5.42. The first kappa shape index (κ1) is 14.5. The lowest BCUT2D eigenvalue weighted by Gasteiger charge is -2.36. The van der Waals surface area contributed by atoms with Crippen LogP contribution < -0.4 is 5.32 Å². The Hall–Kier alpha value is 0.0700. The van der Waals surface area contributed by atoms with Gasteiger partial charge in [-0.25, -0.2) is 0 Å². The fourth-order valence-corrected chi connectivity index (χ4v) is 3.78. The van der Waals surface area contributed by atoms with Gasteiger partial charge in [0.25, 0.3) is 0 Å². The van der Waals surface area contributed by atoms with Gasteiger partial charge in [0.15, 0.2) is 0 Å². The van der Waals surface area contributed by atoms with E-state index >= 15 is 0 Å².